The second kappa shape index (κ2) is 7.94. The summed E-state index contributed by atoms with van der Waals surface area (Å²) in [6, 6.07) is 11.3. The topological polar surface area (TPSA) is 84.5 Å². The van der Waals surface area contributed by atoms with Crippen molar-refractivity contribution in [3.8, 4) is 0 Å². The quantitative estimate of drug-likeness (QED) is 0.809. The summed E-state index contributed by atoms with van der Waals surface area (Å²) in [5, 5.41) is 2.45. The van der Waals surface area contributed by atoms with E-state index in [0.717, 1.165) is 12.8 Å². The standard InChI is InChI=1S/C18H19FN2O4S/c19-16-5-1-2-6-17(16)21-18(22)13-7-9-15(10-8-13)26(23,24)20-12-14-4-3-11-25-14/h1-2,5-10,14,20H,3-4,11-12H2,(H,21,22)/t14-/m0/s1. The molecule has 8 heteroatoms. The van der Waals surface area contributed by atoms with E-state index in [0.29, 0.717) is 6.61 Å². The van der Waals surface area contributed by atoms with E-state index in [9.17, 15) is 17.6 Å². The van der Waals surface area contributed by atoms with E-state index in [1.54, 1.807) is 6.07 Å². The van der Waals surface area contributed by atoms with Gasteiger partial charge in [-0.05, 0) is 49.2 Å². The molecular weight excluding hydrogens is 359 g/mol. The average Bonchev–Trinajstić information content (AvgIpc) is 3.16. The molecular formula is C18H19FN2O4S. The maximum atomic E-state index is 13.6. The Hall–Kier alpha value is -2.29. The van der Waals surface area contributed by atoms with Gasteiger partial charge in [-0.3, -0.25) is 4.79 Å². The number of rotatable bonds is 6. The van der Waals surface area contributed by atoms with Crippen LogP contribution in [0.15, 0.2) is 53.4 Å². The normalized spacial score (nSPS) is 17.2. The Labute approximate surface area is 151 Å². The second-order valence-corrected chi connectivity index (χ2v) is 7.71. The molecule has 0 aliphatic carbocycles. The summed E-state index contributed by atoms with van der Waals surface area (Å²) < 4.78 is 46.1. The van der Waals surface area contributed by atoms with Gasteiger partial charge in [-0.1, -0.05) is 12.1 Å². The van der Waals surface area contributed by atoms with Crippen LogP contribution in [0.4, 0.5) is 10.1 Å². The van der Waals surface area contributed by atoms with Crippen LogP contribution in [-0.4, -0.2) is 33.6 Å². The monoisotopic (exact) mass is 378 g/mol. The number of hydrogen-bond donors (Lipinski definition) is 2. The van der Waals surface area contributed by atoms with Crippen molar-refractivity contribution in [3.63, 3.8) is 0 Å². The number of ether oxygens (including phenoxy) is 1. The first-order valence-corrected chi connectivity index (χ1v) is 9.71. The van der Waals surface area contributed by atoms with Gasteiger partial charge in [0.25, 0.3) is 5.91 Å². The third kappa shape index (κ3) is 4.46. The van der Waals surface area contributed by atoms with E-state index in [1.807, 2.05) is 0 Å². The van der Waals surface area contributed by atoms with Crippen LogP contribution in [0.2, 0.25) is 0 Å². The second-order valence-electron chi connectivity index (χ2n) is 5.95. The molecule has 0 unspecified atom stereocenters. The molecule has 0 saturated carbocycles. The maximum Gasteiger partial charge on any atom is 0.255 e. The SMILES string of the molecule is O=C(Nc1ccccc1F)c1ccc(S(=O)(=O)NC[C@@H]2CCCO2)cc1. The number of benzene rings is 2. The van der Waals surface area contributed by atoms with Crippen molar-refractivity contribution in [1.29, 1.82) is 0 Å². The number of halogens is 1. The van der Waals surface area contributed by atoms with Crippen LogP contribution in [0, 0.1) is 5.82 Å². The highest BCUT2D eigenvalue weighted by molar-refractivity contribution is 7.89. The summed E-state index contributed by atoms with van der Waals surface area (Å²) in [4.78, 5) is 12.2. The fraction of sp³-hybridized carbons (Fsp3) is 0.278. The highest BCUT2D eigenvalue weighted by Crippen LogP contribution is 2.16. The number of anilines is 1. The number of para-hydroxylation sites is 1. The van der Waals surface area contributed by atoms with Crippen LogP contribution >= 0.6 is 0 Å². The van der Waals surface area contributed by atoms with Crippen LogP contribution in [-0.2, 0) is 14.8 Å². The van der Waals surface area contributed by atoms with Gasteiger partial charge in [-0.2, -0.15) is 0 Å². The molecule has 1 aliphatic heterocycles. The fourth-order valence-corrected chi connectivity index (χ4v) is 3.70. The zero-order chi connectivity index (χ0) is 18.6. The van der Waals surface area contributed by atoms with Gasteiger partial charge in [0.15, 0.2) is 0 Å². The third-order valence-electron chi connectivity index (χ3n) is 4.07. The molecule has 1 amide bonds. The van der Waals surface area contributed by atoms with Gasteiger partial charge in [0.2, 0.25) is 10.0 Å². The number of carbonyl (C=O) groups excluding carboxylic acids is 1. The first-order valence-electron chi connectivity index (χ1n) is 8.23. The molecule has 0 radical (unpaired) electrons. The van der Waals surface area contributed by atoms with Crippen molar-refractivity contribution < 1.29 is 22.3 Å². The molecule has 138 valence electrons. The minimum Gasteiger partial charge on any atom is -0.377 e. The fourth-order valence-electron chi connectivity index (χ4n) is 2.63. The van der Waals surface area contributed by atoms with Crippen molar-refractivity contribution in [2.45, 2.75) is 23.8 Å². The number of carbonyl (C=O) groups is 1. The Morgan fingerprint density at radius 3 is 2.54 bits per heavy atom. The summed E-state index contributed by atoms with van der Waals surface area (Å²) in [7, 11) is -3.68. The predicted molar refractivity (Wildman–Crippen MR) is 95.0 cm³/mol. The zero-order valence-corrected chi connectivity index (χ0v) is 14.8. The first-order chi connectivity index (χ1) is 12.5. The van der Waals surface area contributed by atoms with Gasteiger partial charge in [0.05, 0.1) is 16.7 Å². The van der Waals surface area contributed by atoms with E-state index >= 15 is 0 Å². The minimum absolute atomic E-state index is 0.0536. The molecule has 0 aromatic heterocycles. The average molecular weight is 378 g/mol. The summed E-state index contributed by atoms with van der Waals surface area (Å²) >= 11 is 0. The van der Waals surface area contributed by atoms with E-state index in [-0.39, 0.29) is 28.8 Å². The van der Waals surface area contributed by atoms with Crippen LogP contribution in [0.1, 0.15) is 23.2 Å². The molecule has 2 aromatic carbocycles. The summed E-state index contributed by atoms with van der Waals surface area (Å²) in [5.41, 5.74) is 0.291. The highest BCUT2D eigenvalue weighted by Gasteiger charge is 2.20. The zero-order valence-electron chi connectivity index (χ0n) is 13.9. The number of hydrogen-bond acceptors (Lipinski definition) is 4. The molecule has 1 saturated heterocycles. The van der Waals surface area contributed by atoms with Crippen molar-refractivity contribution in [3.05, 3.63) is 59.9 Å². The number of sulfonamides is 1. The predicted octanol–water partition coefficient (Wildman–Crippen LogP) is 2.54. The molecule has 1 fully saturated rings. The smallest absolute Gasteiger partial charge is 0.255 e. The number of nitrogens with one attached hydrogen (secondary N) is 2. The van der Waals surface area contributed by atoms with Crippen molar-refractivity contribution in [2.75, 3.05) is 18.5 Å². The van der Waals surface area contributed by atoms with Crippen LogP contribution in [0.3, 0.4) is 0 Å². The van der Waals surface area contributed by atoms with Crippen LogP contribution in [0.25, 0.3) is 0 Å². The van der Waals surface area contributed by atoms with Crippen molar-refractivity contribution in [2.24, 2.45) is 0 Å². The van der Waals surface area contributed by atoms with E-state index in [2.05, 4.69) is 10.0 Å². The number of amides is 1. The van der Waals surface area contributed by atoms with Crippen molar-refractivity contribution >= 4 is 21.6 Å². The lowest BCUT2D eigenvalue weighted by molar-refractivity contribution is 0.102. The lowest BCUT2D eigenvalue weighted by Crippen LogP contribution is -2.31. The Morgan fingerprint density at radius 2 is 1.88 bits per heavy atom. The van der Waals surface area contributed by atoms with Gasteiger partial charge in [-0.15, -0.1) is 0 Å². The first kappa shape index (κ1) is 18.5. The summed E-state index contributed by atoms with van der Waals surface area (Å²) in [6.07, 6.45) is 1.66. The van der Waals surface area contributed by atoms with E-state index in [1.165, 1.54) is 42.5 Å². The van der Waals surface area contributed by atoms with Crippen molar-refractivity contribution in [1.82, 2.24) is 4.72 Å². The lowest BCUT2D eigenvalue weighted by atomic mass is 10.2. The molecule has 3 rings (SSSR count). The molecule has 1 atom stereocenters. The van der Waals surface area contributed by atoms with E-state index in [4.69, 9.17) is 4.74 Å². The molecule has 2 N–H and O–H groups in total. The van der Waals surface area contributed by atoms with Gasteiger partial charge in [0.1, 0.15) is 5.82 Å². The molecule has 1 heterocycles. The van der Waals surface area contributed by atoms with Crippen LogP contribution in [0.5, 0.6) is 0 Å². The summed E-state index contributed by atoms with van der Waals surface area (Å²) in [5.74, 6) is -1.07. The third-order valence-corrected chi connectivity index (χ3v) is 5.51. The molecule has 6 nitrogen and oxygen atoms in total. The van der Waals surface area contributed by atoms with Gasteiger partial charge in [-0.25, -0.2) is 17.5 Å². The molecule has 0 spiro atoms. The molecule has 26 heavy (non-hydrogen) atoms. The van der Waals surface area contributed by atoms with Gasteiger partial charge in [0, 0.05) is 18.7 Å². The van der Waals surface area contributed by atoms with Gasteiger partial charge >= 0.3 is 0 Å². The molecule has 2 aromatic rings. The Morgan fingerprint density at radius 1 is 1.15 bits per heavy atom. The highest BCUT2D eigenvalue weighted by atomic mass is 32.2. The van der Waals surface area contributed by atoms with Gasteiger partial charge < -0.3 is 10.1 Å². The van der Waals surface area contributed by atoms with Crippen LogP contribution < -0.4 is 10.0 Å². The maximum absolute atomic E-state index is 13.6. The molecule has 0 bridgehead atoms. The Balaban J connectivity index is 1.65. The largest absolute Gasteiger partial charge is 0.377 e. The van der Waals surface area contributed by atoms with E-state index < -0.39 is 21.7 Å². The molecule has 1 aliphatic rings. The summed E-state index contributed by atoms with van der Waals surface area (Å²) in [6.45, 7) is 0.871. The Kier molecular flexibility index (Phi) is 5.65. The lowest BCUT2D eigenvalue weighted by Gasteiger charge is -2.12. The Bertz CT molecular complexity index is 878. The minimum atomic E-state index is -3.68.